The smallest absolute Gasteiger partial charge is 0.138 e. The van der Waals surface area contributed by atoms with Gasteiger partial charge in [0.25, 0.3) is 0 Å². The van der Waals surface area contributed by atoms with Crippen molar-refractivity contribution < 1.29 is 0 Å². The van der Waals surface area contributed by atoms with Gasteiger partial charge in [0.2, 0.25) is 0 Å². The average molecular weight is 619 g/mol. The summed E-state index contributed by atoms with van der Waals surface area (Å²) in [6.45, 7) is 11.1. The molecule has 0 aliphatic heterocycles. The molecular formula is C41H42N6. The topological polar surface area (TPSA) is 58.0 Å². The van der Waals surface area contributed by atoms with E-state index in [1.54, 1.807) is 0 Å². The Balaban J connectivity index is 1.29. The van der Waals surface area contributed by atoms with Crippen LogP contribution in [0.25, 0.3) is 11.1 Å². The van der Waals surface area contributed by atoms with Crippen LogP contribution in [-0.2, 0) is 5.41 Å². The van der Waals surface area contributed by atoms with Crippen LogP contribution in [-0.4, -0.2) is 19.9 Å². The first kappa shape index (κ1) is 31.6. The fourth-order valence-corrected chi connectivity index (χ4v) is 5.75. The summed E-state index contributed by atoms with van der Waals surface area (Å²) < 4.78 is 0. The molecule has 47 heavy (non-hydrogen) atoms. The first-order valence-corrected chi connectivity index (χ1v) is 16.5. The maximum atomic E-state index is 4.93. The molecule has 0 saturated carbocycles. The number of anilines is 6. The highest BCUT2D eigenvalue weighted by Crippen LogP contribution is 2.37. The lowest BCUT2D eigenvalue weighted by atomic mass is 9.79. The summed E-state index contributed by atoms with van der Waals surface area (Å²) >= 11 is 0. The normalized spacial score (nSPS) is 11.4. The highest BCUT2D eigenvalue weighted by molar-refractivity contribution is 5.77. The minimum Gasteiger partial charge on any atom is -0.279 e. The van der Waals surface area contributed by atoms with Gasteiger partial charge in [0.15, 0.2) is 0 Å². The molecule has 0 amide bonds. The lowest BCUT2D eigenvalue weighted by Crippen LogP contribution is -2.20. The van der Waals surface area contributed by atoms with Gasteiger partial charge in [0.05, 0.1) is 0 Å². The van der Waals surface area contributed by atoms with Gasteiger partial charge in [-0.05, 0) is 107 Å². The molecule has 0 saturated heterocycles. The number of hydrogen-bond acceptors (Lipinski definition) is 6. The Hall–Kier alpha value is -5.36. The van der Waals surface area contributed by atoms with Crippen LogP contribution in [0.3, 0.4) is 0 Å². The fraction of sp³-hybridized carbons (Fsp3) is 0.220. The molecule has 6 heteroatoms. The molecule has 4 aromatic heterocycles. The van der Waals surface area contributed by atoms with Crippen LogP contribution in [0.15, 0.2) is 134 Å². The third kappa shape index (κ3) is 6.77. The molecule has 0 aliphatic carbocycles. The summed E-state index contributed by atoms with van der Waals surface area (Å²) in [5.74, 6) is 3.73. The van der Waals surface area contributed by atoms with Gasteiger partial charge in [-0.1, -0.05) is 83.1 Å². The van der Waals surface area contributed by atoms with Crippen LogP contribution in [0.1, 0.15) is 64.5 Å². The van der Waals surface area contributed by atoms with E-state index in [1.807, 2.05) is 61.2 Å². The molecular weight excluding hydrogens is 576 g/mol. The van der Waals surface area contributed by atoms with E-state index in [-0.39, 0.29) is 5.41 Å². The maximum absolute atomic E-state index is 4.93. The van der Waals surface area contributed by atoms with Crippen LogP contribution in [0.5, 0.6) is 0 Å². The van der Waals surface area contributed by atoms with E-state index in [4.69, 9.17) is 9.97 Å². The van der Waals surface area contributed by atoms with Gasteiger partial charge in [-0.2, -0.15) is 0 Å². The van der Waals surface area contributed by atoms with E-state index < -0.39 is 0 Å². The second-order valence-electron chi connectivity index (χ2n) is 12.4. The third-order valence-electron chi connectivity index (χ3n) is 9.24. The maximum Gasteiger partial charge on any atom is 0.138 e. The highest BCUT2D eigenvalue weighted by atomic mass is 15.2. The van der Waals surface area contributed by atoms with E-state index >= 15 is 0 Å². The van der Waals surface area contributed by atoms with Crippen molar-refractivity contribution in [3.8, 4) is 11.1 Å². The SMILES string of the molecule is CCC(C)(CC)c1ccc(N(c2ccc(-c3ccc(N(c4ccccn4)c4ccc(C(C)C)cn4)cc3)cc2)c2ccccn2)nc1. The molecule has 236 valence electrons. The molecule has 6 aromatic rings. The Morgan fingerprint density at radius 2 is 1.00 bits per heavy atom. The van der Waals surface area contributed by atoms with E-state index in [0.717, 1.165) is 58.6 Å². The molecule has 0 fully saturated rings. The van der Waals surface area contributed by atoms with Crippen molar-refractivity contribution >= 4 is 34.6 Å². The lowest BCUT2D eigenvalue weighted by molar-refractivity contribution is 0.437. The molecule has 0 radical (unpaired) electrons. The zero-order valence-corrected chi connectivity index (χ0v) is 27.9. The van der Waals surface area contributed by atoms with Crippen molar-refractivity contribution in [3.63, 3.8) is 0 Å². The largest absolute Gasteiger partial charge is 0.279 e. The Kier molecular flexibility index (Phi) is 9.39. The van der Waals surface area contributed by atoms with Gasteiger partial charge in [-0.15, -0.1) is 0 Å². The van der Waals surface area contributed by atoms with Crippen molar-refractivity contribution in [2.75, 3.05) is 9.80 Å². The second kappa shape index (κ2) is 14.0. The summed E-state index contributed by atoms with van der Waals surface area (Å²) in [7, 11) is 0. The Labute approximate surface area is 278 Å². The van der Waals surface area contributed by atoms with Gasteiger partial charge >= 0.3 is 0 Å². The Morgan fingerprint density at radius 1 is 0.532 bits per heavy atom. The summed E-state index contributed by atoms with van der Waals surface area (Å²) in [6.07, 6.45) is 9.75. The molecule has 0 unspecified atom stereocenters. The van der Waals surface area contributed by atoms with Crippen molar-refractivity contribution in [1.29, 1.82) is 0 Å². The van der Waals surface area contributed by atoms with E-state index in [9.17, 15) is 0 Å². The highest BCUT2D eigenvalue weighted by Gasteiger charge is 2.24. The molecule has 6 nitrogen and oxygen atoms in total. The van der Waals surface area contributed by atoms with E-state index in [1.165, 1.54) is 11.1 Å². The second-order valence-corrected chi connectivity index (χ2v) is 12.4. The first-order valence-electron chi connectivity index (χ1n) is 16.5. The Morgan fingerprint density at radius 3 is 1.36 bits per heavy atom. The van der Waals surface area contributed by atoms with Crippen LogP contribution < -0.4 is 9.80 Å². The van der Waals surface area contributed by atoms with Gasteiger partial charge < -0.3 is 0 Å². The standard InChI is InChI=1S/C41H42N6/c1-6-41(5,7-2)34-19-25-40(45-29-34)47(38-13-9-11-27-43-38)36-22-16-32(17-23-36)31-14-20-35(21-15-31)46(37-12-8-10-26-42-37)39-24-18-33(28-44-39)30(3)4/h8-30H,6-7H2,1-5H3. The molecule has 2 aromatic carbocycles. The number of rotatable bonds is 11. The Bertz CT molecular complexity index is 1850. The molecule has 0 atom stereocenters. The number of pyridine rings is 4. The van der Waals surface area contributed by atoms with Gasteiger partial charge in [0, 0.05) is 36.2 Å². The summed E-state index contributed by atoms with van der Waals surface area (Å²) in [5, 5.41) is 0. The molecule has 0 aliphatic rings. The number of aromatic nitrogens is 4. The van der Waals surface area contributed by atoms with Gasteiger partial charge in [-0.25, -0.2) is 19.9 Å². The van der Waals surface area contributed by atoms with Crippen molar-refractivity contribution in [1.82, 2.24) is 19.9 Å². The summed E-state index contributed by atoms with van der Waals surface area (Å²) in [6, 6.07) is 37.6. The summed E-state index contributed by atoms with van der Waals surface area (Å²) in [5.41, 5.74) is 6.81. The number of hydrogen-bond donors (Lipinski definition) is 0. The van der Waals surface area contributed by atoms with Crippen LogP contribution in [0.2, 0.25) is 0 Å². The predicted octanol–water partition coefficient (Wildman–Crippen LogP) is 11.1. The van der Waals surface area contributed by atoms with Crippen LogP contribution in [0, 0.1) is 0 Å². The van der Waals surface area contributed by atoms with Gasteiger partial charge in [0.1, 0.15) is 23.3 Å². The lowest BCUT2D eigenvalue weighted by Gasteiger charge is -2.28. The minimum absolute atomic E-state index is 0.113. The van der Waals surface area contributed by atoms with Crippen molar-refractivity contribution in [2.24, 2.45) is 0 Å². The first-order chi connectivity index (χ1) is 22.9. The third-order valence-corrected chi connectivity index (χ3v) is 9.24. The molecule has 0 spiro atoms. The van der Waals surface area contributed by atoms with E-state index in [2.05, 4.69) is 127 Å². The quantitative estimate of drug-likeness (QED) is 0.144. The molecule has 0 N–H and O–H groups in total. The zero-order chi connectivity index (χ0) is 32.8. The van der Waals surface area contributed by atoms with Crippen LogP contribution in [0.4, 0.5) is 34.6 Å². The van der Waals surface area contributed by atoms with Crippen molar-refractivity contribution in [2.45, 2.75) is 58.8 Å². The molecule has 4 heterocycles. The average Bonchev–Trinajstić information content (AvgIpc) is 3.13. The molecule has 0 bridgehead atoms. The number of nitrogens with zero attached hydrogens (tertiary/aromatic N) is 6. The molecule has 6 rings (SSSR count). The van der Waals surface area contributed by atoms with Crippen molar-refractivity contribution in [3.05, 3.63) is 145 Å². The van der Waals surface area contributed by atoms with E-state index in [0.29, 0.717) is 5.92 Å². The number of benzene rings is 2. The predicted molar refractivity (Wildman–Crippen MR) is 194 cm³/mol. The minimum atomic E-state index is 0.113. The van der Waals surface area contributed by atoms with Gasteiger partial charge in [-0.3, -0.25) is 9.80 Å². The monoisotopic (exact) mass is 618 g/mol. The van der Waals surface area contributed by atoms with Crippen LogP contribution >= 0.6 is 0 Å². The zero-order valence-electron chi connectivity index (χ0n) is 27.9. The summed E-state index contributed by atoms with van der Waals surface area (Å²) in [4.78, 5) is 23.3. The fourth-order valence-electron chi connectivity index (χ4n) is 5.75.